The van der Waals surface area contributed by atoms with Gasteiger partial charge >= 0.3 is 0 Å². The van der Waals surface area contributed by atoms with Crippen molar-refractivity contribution in [1.82, 2.24) is 9.55 Å². The van der Waals surface area contributed by atoms with Gasteiger partial charge in [-0.3, -0.25) is 0 Å². The van der Waals surface area contributed by atoms with Crippen LogP contribution < -0.4 is 0 Å². The number of hydrogen-bond donors (Lipinski definition) is 0. The van der Waals surface area contributed by atoms with E-state index in [0.29, 0.717) is 0 Å². The Morgan fingerprint density at radius 2 is 0.944 bits per heavy atom. The number of para-hydroxylation sites is 2. The lowest BCUT2D eigenvalue weighted by Crippen LogP contribution is -1.94. The first-order valence-corrected chi connectivity index (χ1v) is 18.4. The van der Waals surface area contributed by atoms with Gasteiger partial charge in [-0.25, -0.2) is 4.98 Å². The fourth-order valence-electron chi connectivity index (χ4n) is 8.20. The van der Waals surface area contributed by atoms with E-state index in [0.717, 1.165) is 71.9 Å². The molecule has 11 aromatic rings. The van der Waals surface area contributed by atoms with Crippen LogP contribution in [0.5, 0.6) is 0 Å². The predicted molar refractivity (Wildman–Crippen MR) is 225 cm³/mol. The molecule has 0 atom stereocenters. The largest absolute Gasteiger partial charge is 0.454 e. The first kappa shape index (κ1) is 30.4. The molecule has 11 rings (SSSR count). The number of rotatable bonds is 5. The summed E-state index contributed by atoms with van der Waals surface area (Å²) in [6.07, 6.45) is 0. The molecular formula is C51H32N2O. The second-order valence-corrected chi connectivity index (χ2v) is 13.9. The fraction of sp³-hybridized carbons (Fsp3) is 0. The molecule has 0 radical (unpaired) electrons. The van der Waals surface area contributed by atoms with Crippen LogP contribution in [0.1, 0.15) is 0 Å². The minimum Gasteiger partial charge on any atom is -0.454 e. The lowest BCUT2D eigenvalue weighted by Gasteiger charge is -2.10. The van der Waals surface area contributed by atoms with Gasteiger partial charge in [0.25, 0.3) is 0 Å². The van der Waals surface area contributed by atoms with Crippen molar-refractivity contribution < 1.29 is 4.42 Å². The molecular weight excluding hydrogens is 657 g/mol. The molecule has 3 nitrogen and oxygen atoms in total. The van der Waals surface area contributed by atoms with E-state index in [1.165, 1.54) is 33.0 Å². The lowest BCUT2D eigenvalue weighted by atomic mass is 9.97. The first-order valence-electron chi connectivity index (χ1n) is 18.4. The van der Waals surface area contributed by atoms with Gasteiger partial charge < -0.3 is 8.98 Å². The van der Waals surface area contributed by atoms with Crippen molar-refractivity contribution in [3.63, 3.8) is 0 Å². The van der Waals surface area contributed by atoms with Gasteiger partial charge in [0, 0.05) is 32.5 Å². The summed E-state index contributed by atoms with van der Waals surface area (Å²) in [7, 11) is 0. The molecule has 0 saturated carbocycles. The number of nitrogens with zero attached hydrogens (tertiary/aromatic N) is 2. The Bertz CT molecular complexity index is 3100. The summed E-state index contributed by atoms with van der Waals surface area (Å²) in [5, 5.41) is 5.71. The Balaban J connectivity index is 1.12. The Hall–Kier alpha value is -7.23. The van der Waals surface area contributed by atoms with E-state index in [-0.39, 0.29) is 0 Å². The molecule has 252 valence electrons. The summed E-state index contributed by atoms with van der Waals surface area (Å²) in [5.74, 6) is 0. The number of fused-ring (bicyclic) bond motifs is 7. The minimum absolute atomic E-state index is 0.857. The standard InChI is InChI=1S/C51H32N2O/c1-4-13-33(14-5-1)36-24-27-47-43(29-36)44-30-37(34-15-6-2-7-16-34)25-28-48(44)53(47)49-22-12-20-41-40-26-23-38(31-50(40)54-51(41)49)42-32-46(35-17-8-3-9-18-35)52-45-21-11-10-19-39(42)45/h1-32H. The highest BCUT2D eigenvalue weighted by Crippen LogP contribution is 2.42. The quantitative estimate of drug-likeness (QED) is 0.180. The van der Waals surface area contributed by atoms with Crippen LogP contribution in [-0.4, -0.2) is 9.55 Å². The van der Waals surface area contributed by atoms with Crippen molar-refractivity contribution >= 4 is 54.6 Å². The third-order valence-electron chi connectivity index (χ3n) is 10.8. The van der Waals surface area contributed by atoms with Crippen molar-refractivity contribution in [2.45, 2.75) is 0 Å². The van der Waals surface area contributed by atoms with Gasteiger partial charge in [0.15, 0.2) is 5.58 Å². The average molecular weight is 689 g/mol. The normalized spacial score (nSPS) is 11.7. The van der Waals surface area contributed by atoms with Gasteiger partial charge in [-0.05, 0) is 88.0 Å². The maximum absolute atomic E-state index is 6.94. The summed E-state index contributed by atoms with van der Waals surface area (Å²) in [6, 6.07) is 69.0. The van der Waals surface area contributed by atoms with Crippen molar-refractivity contribution in [3.8, 4) is 50.3 Å². The van der Waals surface area contributed by atoms with E-state index >= 15 is 0 Å². The Morgan fingerprint density at radius 1 is 0.370 bits per heavy atom. The molecule has 0 fully saturated rings. The molecule has 0 aliphatic heterocycles. The van der Waals surface area contributed by atoms with Crippen LogP contribution in [-0.2, 0) is 0 Å². The molecule has 0 amide bonds. The third kappa shape index (κ3) is 4.87. The topological polar surface area (TPSA) is 31.0 Å². The zero-order valence-electron chi connectivity index (χ0n) is 29.3. The molecule has 0 N–H and O–H groups in total. The number of hydrogen-bond acceptors (Lipinski definition) is 2. The van der Waals surface area contributed by atoms with Crippen LogP contribution in [0.3, 0.4) is 0 Å². The van der Waals surface area contributed by atoms with Crippen LogP contribution in [0.15, 0.2) is 199 Å². The molecule has 3 heteroatoms. The minimum atomic E-state index is 0.857. The average Bonchev–Trinajstić information content (AvgIpc) is 3.79. The summed E-state index contributed by atoms with van der Waals surface area (Å²) in [4.78, 5) is 5.04. The van der Waals surface area contributed by atoms with Gasteiger partial charge in [-0.2, -0.15) is 0 Å². The van der Waals surface area contributed by atoms with Gasteiger partial charge in [0.1, 0.15) is 5.58 Å². The van der Waals surface area contributed by atoms with Crippen molar-refractivity contribution in [1.29, 1.82) is 0 Å². The van der Waals surface area contributed by atoms with Crippen LogP contribution in [0.2, 0.25) is 0 Å². The summed E-state index contributed by atoms with van der Waals surface area (Å²) in [6.45, 7) is 0. The summed E-state index contributed by atoms with van der Waals surface area (Å²) in [5.41, 5.74) is 15.1. The van der Waals surface area contributed by atoms with Gasteiger partial charge in [-0.1, -0.05) is 140 Å². The lowest BCUT2D eigenvalue weighted by molar-refractivity contribution is 0.666. The maximum atomic E-state index is 6.94. The molecule has 0 spiro atoms. The Labute approximate surface area is 312 Å². The first-order chi connectivity index (χ1) is 26.8. The predicted octanol–water partition coefficient (Wildman–Crippen LogP) is 13.9. The van der Waals surface area contributed by atoms with E-state index in [1.54, 1.807) is 0 Å². The van der Waals surface area contributed by atoms with Crippen molar-refractivity contribution in [2.24, 2.45) is 0 Å². The molecule has 0 aliphatic rings. The molecule has 8 aromatic carbocycles. The highest BCUT2D eigenvalue weighted by molar-refractivity contribution is 6.14. The zero-order chi connectivity index (χ0) is 35.6. The second kappa shape index (κ2) is 12.2. The number of benzene rings is 8. The zero-order valence-corrected chi connectivity index (χ0v) is 29.3. The Morgan fingerprint density at radius 3 is 1.61 bits per heavy atom. The van der Waals surface area contributed by atoms with E-state index in [2.05, 4.69) is 193 Å². The molecule has 0 aliphatic carbocycles. The van der Waals surface area contributed by atoms with Gasteiger partial charge in [0.2, 0.25) is 0 Å². The number of aromatic nitrogens is 2. The molecule has 0 bridgehead atoms. The molecule has 3 heterocycles. The third-order valence-corrected chi connectivity index (χ3v) is 10.8. The number of furan rings is 1. The van der Waals surface area contributed by atoms with E-state index in [1.807, 2.05) is 6.07 Å². The smallest absolute Gasteiger partial charge is 0.159 e. The van der Waals surface area contributed by atoms with E-state index in [9.17, 15) is 0 Å². The molecule has 0 unspecified atom stereocenters. The molecule has 54 heavy (non-hydrogen) atoms. The van der Waals surface area contributed by atoms with Gasteiger partial charge in [-0.15, -0.1) is 0 Å². The summed E-state index contributed by atoms with van der Waals surface area (Å²) < 4.78 is 9.32. The summed E-state index contributed by atoms with van der Waals surface area (Å²) >= 11 is 0. The van der Waals surface area contributed by atoms with Crippen LogP contribution in [0.4, 0.5) is 0 Å². The van der Waals surface area contributed by atoms with Gasteiger partial charge in [0.05, 0.1) is 27.9 Å². The SMILES string of the molecule is c1ccc(-c2ccc3c(c2)c2cc(-c4ccccc4)ccc2n3-c2cccc3c2oc2cc(-c4cc(-c5ccccc5)nc5ccccc45)ccc23)cc1. The van der Waals surface area contributed by atoms with Crippen LogP contribution in [0.25, 0.3) is 105 Å². The van der Waals surface area contributed by atoms with Crippen LogP contribution >= 0.6 is 0 Å². The monoisotopic (exact) mass is 688 g/mol. The van der Waals surface area contributed by atoms with E-state index < -0.39 is 0 Å². The maximum Gasteiger partial charge on any atom is 0.159 e. The fourth-order valence-corrected chi connectivity index (χ4v) is 8.20. The number of pyridine rings is 1. The highest BCUT2D eigenvalue weighted by atomic mass is 16.3. The second-order valence-electron chi connectivity index (χ2n) is 13.9. The highest BCUT2D eigenvalue weighted by Gasteiger charge is 2.20. The Kier molecular flexibility index (Phi) is 6.86. The van der Waals surface area contributed by atoms with Crippen molar-refractivity contribution in [3.05, 3.63) is 194 Å². The molecule has 3 aromatic heterocycles. The van der Waals surface area contributed by atoms with Crippen LogP contribution in [0, 0.1) is 0 Å². The van der Waals surface area contributed by atoms with E-state index in [4.69, 9.17) is 9.40 Å². The molecule has 0 saturated heterocycles. The van der Waals surface area contributed by atoms with Crippen molar-refractivity contribution in [2.75, 3.05) is 0 Å².